The molecular formula is C14H22ClNOS. The van der Waals surface area contributed by atoms with E-state index >= 15 is 0 Å². The van der Waals surface area contributed by atoms with Gasteiger partial charge in [0, 0.05) is 28.1 Å². The Morgan fingerprint density at radius 2 is 2.06 bits per heavy atom. The predicted molar refractivity (Wildman–Crippen MR) is 81.4 cm³/mol. The standard InChI is InChI=1S/C14H22ClNOS/c1-11(2)16-14(3,9-17)10-18-8-12-6-4-5-7-13(12)15/h4-7,11,16-17H,8-10H2,1-3H3. The maximum Gasteiger partial charge on any atom is 0.0618 e. The number of thioether (sulfide) groups is 1. The third-order valence-corrected chi connectivity index (χ3v) is 4.35. The minimum atomic E-state index is -0.236. The predicted octanol–water partition coefficient (Wildman–Crippen LogP) is 3.32. The maximum atomic E-state index is 9.48. The zero-order valence-corrected chi connectivity index (χ0v) is 12.8. The van der Waals surface area contributed by atoms with Crippen LogP contribution in [0.15, 0.2) is 24.3 Å². The first-order valence-corrected chi connectivity index (χ1v) is 7.70. The number of benzene rings is 1. The topological polar surface area (TPSA) is 32.3 Å². The number of aliphatic hydroxyl groups is 1. The van der Waals surface area contributed by atoms with Crippen LogP contribution in [0.25, 0.3) is 0 Å². The molecule has 1 unspecified atom stereocenters. The van der Waals surface area contributed by atoms with E-state index in [9.17, 15) is 5.11 Å². The molecule has 0 amide bonds. The molecule has 0 saturated heterocycles. The van der Waals surface area contributed by atoms with Gasteiger partial charge in [0.25, 0.3) is 0 Å². The van der Waals surface area contributed by atoms with Crippen molar-refractivity contribution in [2.45, 2.75) is 38.1 Å². The molecule has 1 atom stereocenters. The highest BCUT2D eigenvalue weighted by atomic mass is 35.5. The minimum absolute atomic E-state index is 0.140. The van der Waals surface area contributed by atoms with Crippen molar-refractivity contribution in [3.05, 3.63) is 34.9 Å². The van der Waals surface area contributed by atoms with Crippen LogP contribution < -0.4 is 5.32 Å². The second-order valence-electron chi connectivity index (χ2n) is 5.10. The van der Waals surface area contributed by atoms with Crippen LogP contribution in [0.3, 0.4) is 0 Å². The van der Waals surface area contributed by atoms with Crippen molar-refractivity contribution >= 4 is 23.4 Å². The Balaban J connectivity index is 2.47. The summed E-state index contributed by atoms with van der Waals surface area (Å²) in [6, 6.07) is 8.26. The van der Waals surface area contributed by atoms with Gasteiger partial charge in [-0.2, -0.15) is 11.8 Å². The summed E-state index contributed by atoms with van der Waals surface area (Å²) in [5.41, 5.74) is 0.911. The lowest BCUT2D eigenvalue weighted by molar-refractivity contribution is 0.183. The van der Waals surface area contributed by atoms with Gasteiger partial charge in [-0.15, -0.1) is 0 Å². The average molecular weight is 288 g/mol. The number of aliphatic hydroxyl groups excluding tert-OH is 1. The molecular weight excluding hydrogens is 266 g/mol. The van der Waals surface area contributed by atoms with Crippen molar-refractivity contribution in [1.82, 2.24) is 5.32 Å². The maximum absolute atomic E-state index is 9.48. The normalized spacial score (nSPS) is 14.8. The minimum Gasteiger partial charge on any atom is -0.394 e. The molecule has 4 heteroatoms. The van der Waals surface area contributed by atoms with E-state index in [-0.39, 0.29) is 12.1 Å². The molecule has 0 radical (unpaired) electrons. The largest absolute Gasteiger partial charge is 0.394 e. The molecule has 0 aliphatic rings. The van der Waals surface area contributed by atoms with Gasteiger partial charge in [-0.1, -0.05) is 43.6 Å². The summed E-state index contributed by atoms with van der Waals surface area (Å²) in [5, 5.41) is 13.7. The average Bonchev–Trinajstić information content (AvgIpc) is 2.31. The number of halogens is 1. The third-order valence-electron chi connectivity index (χ3n) is 2.62. The molecule has 18 heavy (non-hydrogen) atoms. The zero-order valence-electron chi connectivity index (χ0n) is 11.2. The van der Waals surface area contributed by atoms with Crippen molar-refractivity contribution in [3.63, 3.8) is 0 Å². The van der Waals surface area contributed by atoms with Crippen molar-refractivity contribution in [2.24, 2.45) is 0 Å². The van der Waals surface area contributed by atoms with Crippen LogP contribution in [0.5, 0.6) is 0 Å². The van der Waals surface area contributed by atoms with Gasteiger partial charge in [0.05, 0.1) is 6.61 Å². The second-order valence-corrected chi connectivity index (χ2v) is 6.49. The highest BCUT2D eigenvalue weighted by molar-refractivity contribution is 7.98. The number of rotatable bonds is 7. The molecule has 102 valence electrons. The first-order valence-electron chi connectivity index (χ1n) is 6.16. The van der Waals surface area contributed by atoms with E-state index in [1.165, 1.54) is 0 Å². The van der Waals surface area contributed by atoms with Crippen molar-refractivity contribution in [2.75, 3.05) is 12.4 Å². The summed E-state index contributed by atoms with van der Waals surface area (Å²) >= 11 is 7.90. The Labute approximate surface area is 119 Å². The quantitative estimate of drug-likeness (QED) is 0.807. The number of nitrogens with one attached hydrogen (secondary N) is 1. The number of hydrogen-bond acceptors (Lipinski definition) is 3. The molecule has 0 fully saturated rings. The molecule has 0 heterocycles. The van der Waals surface area contributed by atoms with E-state index in [2.05, 4.69) is 19.2 Å². The van der Waals surface area contributed by atoms with E-state index in [1.807, 2.05) is 31.2 Å². The summed E-state index contributed by atoms with van der Waals surface area (Å²) in [4.78, 5) is 0. The Bertz CT molecular complexity index is 373. The lowest BCUT2D eigenvalue weighted by Gasteiger charge is -2.30. The van der Waals surface area contributed by atoms with E-state index < -0.39 is 0 Å². The fourth-order valence-electron chi connectivity index (χ4n) is 1.83. The summed E-state index contributed by atoms with van der Waals surface area (Å²) in [6.45, 7) is 6.37. The van der Waals surface area contributed by atoms with Crippen LogP contribution in [0.2, 0.25) is 5.02 Å². The monoisotopic (exact) mass is 287 g/mol. The summed E-state index contributed by atoms with van der Waals surface area (Å²) < 4.78 is 0. The molecule has 2 nitrogen and oxygen atoms in total. The van der Waals surface area contributed by atoms with Gasteiger partial charge in [0.15, 0.2) is 0 Å². The van der Waals surface area contributed by atoms with Crippen molar-refractivity contribution in [3.8, 4) is 0 Å². The first-order chi connectivity index (χ1) is 8.47. The van der Waals surface area contributed by atoms with Crippen LogP contribution in [0.1, 0.15) is 26.3 Å². The van der Waals surface area contributed by atoms with Crippen LogP contribution in [-0.4, -0.2) is 29.0 Å². The molecule has 0 aliphatic heterocycles. The molecule has 1 rings (SSSR count). The molecule has 1 aromatic carbocycles. The zero-order chi connectivity index (χ0) is 13.6. The van der Waals surface area contributed by atoms with Crippen LogP contribution in [0, 0.1) is 0 Å². The molecule has 0 saturated carbocycles. The van der Waals surface area contributed by atoms with Gasteiger partial charge in [-0.05, 0) is 18.6 Å². The molecule has 0 aliphatic carbocycles. The summed E-state index contributed by atoms with van der Waals surface area (Å²) in [5.74, 6) is 1.72. The van der Waals surface area contributed by atoms with Gasteiger partial charge >= 0.3 is 0 Å². The molecule has 0 aromatic heterocycles. The van der Waals surface area contributed by atoms with Gasteiger partial charge < -0.3 is 10.4 Å². The van der Waals surface area contributed by atoms with E-state index in [4.69, 9.17) is 11.6 Å². The Kier molecular flexibility index (Phi) is 6.50. The van der Waals surface area contributed by atoms with E-state index in [0.29, 0.717) is 6.04 Å². The van der Waals surface area contributed by atoms with Gasteiger partial charge in [0.2, 0.25) is 0 Å². The van der Waals surface area contributed by atoms with Crippen molar-refractivity contribution in [1.29, 1.82) is 0 Å². The van der Waals surface area contributed by atoms with Gasteiger partial charge in [-0.25, -0.2) is 0 Å². The Hall–Kier alpha value is -0.220. The summed E-state index contributed by atoms with van der Waals surface area (Å²) in [7, 11) is 0. The second kappa shape index (κ2) is 7.39. The van der Waals surface area contributed by atoms with Crippen molar-refractivity contribution < 1.29 is 5.11 Å². The van der Waals surface area contributed by atoms with E-state index in [0.717, 1.165) is 22.1 Å². The van der Waals surface area contributed by atoms with Gasteiger partial charge in [0.1, 0.15) is 0 Å². The lowest BCUT2D eigenvalue weighted by atomic mass is 10.1. The SMILES string of the molecule is CC(C)NC(C)(CO)CSCc1ccccc1Cl. The highest BCUT2D eigenvalue weighted by Crippen LogP contribution is 2.23. The lowest BCUT2D eigenvalue weighted by Crippen LogP contribution is -2.51. The fourth-order valence-corrected chi connectivity index (χ4v) is 3.31. The smallest absolute Gasteiger partial charge is 0.0618 e. The third kappa shape index (κ3) is 5.19. The van der Waals surface area contributed by atoms with Crippen LogP contribution in [-0.2, 0) is 5.75 Å². The Morgan fingerprint density at radius 1 is 1.39 bits per heavy atom. The number of hydrogen-bond donors (Lipinski definition) is 2. The van der Waals surface area contributed by atoms with E-state index in [1.54, 1.807) is 11.8 Å². The van der Waals surface area contributed by atoms with Crippen LogP contribution >= 0.6 is 23.4 Å². The molecule has 0 bridgehead atoms. The first kappa shape index (κ1) is 15.8. The Morgan fingerprint density at radius 3 is 2.61 bits per heavy atom. The van der Waals surface area contributed by atoms with Gasteiger partial charge in [-0.3, -0.25) is 0 Å². The molecule has 2 N–H and O–H groups in total. The fraction of sp³-hybridized carbons (Fsp3) is 0.571. The molecule has 0 spiro atoms. The highest BCUT2D eigenvalue weighted by Gasteiger charge is 2.23. The molecule has 1 aromatic rings. The summed E-state index contributed by atoms with van der Waals surface area (Å²) in [6.07, 6.45) is 0. The van der Waals surface area contributed by atoms with Crippen LogP contribution in [0.4, 0.5) is 0 Å².